The van der Waals surface area contributed by atoms with Gasteiger partial charge in [-0.25, -0.2) is 9.59 Å². The van der Waals surface area contributed by atoms with E-state index in [9.17, 15) is 24.3 Å². The minimum atomic E-state index is -1.24. The molecule has 0 bridgehead atoms. The summed E-state index contributed by atoms with van der Waals surface area (Å²) in [5, 5.41) is 14.1. The van der Waals surface area contributed by atoms with Crippen molar-refractivity contribution in [2.75, 3.05) is 11.9 Å². The number of benzene rings is 1. The number of carboxylic acids is 1. The molecule has 3 N–H and O–H groups in total. The molecule has 1 atom stereocenters. The first-order valence-electron chi connectivity index (χ1n) is 7.58. The number of rotatable bonds is 8. The Bertz CT molecular complexity index is 683. The molecule has 0 radical (unpaired) electrons. The molecule has 8 heteroatoms. The first-order valence-corrected chi connectivity index (χ1v) is 7.58. The van der Waals surface area contributed by atoms with Crippen molar-refractivity contribution in [2.24, 2.45) is 0 Å². The minimum absolute atomic E-state index is 0.0781. The molecular formula is C17H20N2O6. The van der Waals surface area contributed by atoms with Crippen LogP contribution in [-0.4, -0.2) is 41.5 Å². The number of carbonyl (C=O) groups is 4. The lowest BCUT2D eigenvalue weighted by Crippen LogP contribution is -2.40. The normalized spacial score (nSPS) is 11.6. The summed E-state index contributed by atoms with van der Waals surface area (Å²) in [7, 11) is 0. The lowest BCUT2D eigenvalue weighted by Gasteiger charge is -2.13. The quantitative estimate of drug-likeness (QED) is 0.481. The Hall–Kier alpha value is -3.16. The van der Waals surface area contributed by atoms with Gasteiger partial charge >= 0.3 is 11.9 Å². The third kappa shape index (κ3) is 7.30. The average molecular weight is 348 g/mol. The lowest BCUT2D eigenvalue weighted by atomic mass is 10.1. The van der Waals surface area contributed by atoms with Crippen LogP contribution in [0, 0.1) is 0 Å². The van der Waals surface area contributed by atoms with Crippen LogP contribution in [0.2, 0.25) is 0 Å². The Kier molecular flexibility index (Phi) is 7.85. The van der Waals surface area contributed by atoms with Crippen LogP contribution in [0.3, 0.4) is 0 Å². The molecule has 0 aliphatic rings. The van der Waals surface area contributed by atoms with Crippen molar-refractivity contribution in [3.8, 4) is 0 Å². The molecule has 0 heterocycles. The molecule has 8 nitrogen and oxygen atoms in total. The molecule has 0 saturated heterocycles. The number of amides is 2. The van der Waals surface area contributed by atoms with Crippen molar-refractivity contribution >= 4 is 29.4 Å². The van der Waals surface area contributed by atoms with Crippen molar-refractivity contribution in [3.63, 3.8) is 0 Å². The highest BCUT2D eigenvalue weighted by Gasteiger charge is 2.19. The van der Waals surface area contributed by atoms with Gasteiger partial charge in [-0.15, -0.1) is 0 Å². The van der Waals surface area contributed by atoms with Crippen LogP contribution in [0.25, 0.3) is 0 Å². The van der Waals surface area contributed by atoms with Gasteiger partial charge in [0.1, 0.15) is 6.04 Å². The second-order valence-corrected chi connectivity index (χ2v) is 5.02. The van der Waals surface area contributed by atoms with Gasteiger partial charge in [-0.05, 0) is 31.5 Å². The summed E-state index contributed by atoms with van der Waals surface area (Å²) in [5.41, 5.74) is 0.626. The van der Waals surface area contributed by atoms with Gasteiger partial charge in [-0.1, -0.05) is 12.1 Å². The molecule has 0 unspecified atom stereocenters. The standard InChI is InChI=1S/C17H20N2O6/c1-3-25-15(21)9-5-8-14(17(23)24)19-16(22)12-6-4-7-13(10-12)18-11(2)20/h4-7,9-10,14H,3,8H2,1-2H3,(H,18,20)(H,19,22)(H,23,24)/b9-5+/t14-/m1/s1. The van der Waals surface area contributed by atoms with Crippen molar-refractivity contribution in [1.29, 1.82) is 0 Å². The van der Waals surface area contributed by atoms with Crippen molar-refractivity contribution in [3.05, 3.63) is 42.0 Å². The van der Waals surface area contributed by atoms with Gasteiger partial charge in [0, 0.05) is 24.3 Å². The number of carbonyl (C=O) groups excluding carboxylic acids is 3. The fraction of sp³-hybridized carbons (Fsp3) is 0.294. The van der Waals surface area contributed by atoms with Crippen LogP contribution in [0.15, 0.2) is 36.4 Å². The number of ether oxygens (including phenoxy) is 1. The predicted octanol–water partition coefficient (Wildman–Crippen LogP) is 1.34. The number of hydrogen-bond donors (Lipinski definition) is 3. The molecule has 1 aromatic carbocycles. The van der Waals surface area contributed by atoms with Crippen LogP contribution < -0.4 is 10.6 Å². The maximum atomic E-state index is 12.2. The van der Waals surface area contributed by atoms with Crippen LogP contribution in [0.5, 0.6) is 0 Å². The van der Waals surface area contributed by atoms with Crippen molar-refractivity contribution in [2.45, 2.75) is 26.3 Å². The molecule has 1 rings (SSSR count). The van der Waals surface area contributed by atoms with Crippen LogP contribution in [-0.2, 0) is 19.1 Å². The van der Waals surface area contributed by atoms with Crippen molar-refractivity contribution in [1.82, 2.24) is 5.32 Å². The molecule has 25 heavy (non-hydrogen) atoms. The zero-order chi connectivity index (χ0) is 18.8. The topological polar surface area (TPSA) is 122 Å². The minimum Gasteiger partial charge on any atom is -0.480 e. The highest BCUT2D eigenvalue weighted by molar-refractivity contribution is 5.98. The molecule has 0 saturated carbocycles. The molecular weight excluding hydrogens is 328 g/mol. The molecule has 0 aromatic heterocycles. The number of anilines is 1. The third-order valence-electron chi connectivity index (χ3n) is 2.96. The van der Waals surface area contributed by atoms with E-state index in [0.717, 1.165) is 6.08 Å². The summed E-state index contributed by atoms with van der Waals surface area (Å²) in [4.78, 5) is 45.7. The molecule has 1 aromatic rings. The third-order valence-corrected chi connectivity index (χ3v) is 2.96. The summed E-state index contributed by atoms with van der Waals surface area (Å²) in [5.74, 6) is -2.71. The SMILES string of the molecule is CCOC(=O)/C=C/C[C@@H](NC(=O)c1cccc(NC(C)=O)c1)C(=O)O. The number of nitrogens with one attached hydrogen (secondary N) is 2. The van der Waals surface area contributed by atoms with Crippen LogP contribution >= 0.6 is 0 Å². The van der Waals surface area contributed by atoms with Crippen molar-refractivity contribution < 1.29 is 29.0 Å². The van der Waals surface area contributed by atoms with Gasteiger partial charge in [-0.3, -0.25) is 9.59 Å². The van der Waals surface area contributed by atoms with Gasteiger partial charge in [0.2, 0.25) is 5.91 Å². The van der Waals surface area contributed by atoms with E-state index >= 15 is 0 Å². The number of carboxylic acid groups (broad SMARTS) is 1. The van der Waals surface area contributed by atoms with Gasteiger partial charge in [-0.2, -0.15) is 0 Å². The lowest BCUT2D eigenvalue weighted by molar-refractivity contribution is -0.139. The number of esters is 1. The number of aliphatic carboxylic acids is 1. The van der Waals surface area contributed by atoms with Gasteiger partial charge in [0.25, 0.3) is 5.91 Å². The first-order chi connectivity index (χ1) is 11.8. The molecule has 0 aliphatic heterocycles. The highest BCUT2D eigenvalue weighted by Crippen LogP contribution is 2.11. The Balaban J connectivity index is 2.75. The Labute approximate surface area is 144 Å². The van der Waals surface area contributed by atoms with E-state index in [-0.39, 0.29) is 24.5 Å². The van der Waals surface area contributed by atoms with Crippen LogP contribution in [0.1, 0.15) is 30.6 Å². The van der Waals surface area contributed by atoms with E-state index < -0.39 is 23.9 Å². The van der Waals surface area contributed by atoms with Gasteiger partial charge in [0.15, 0.2) is 0 Å². The summed E-state index contributed by atoms with van der Waals surface area (Å²) in [6.07, 6.45) is 2.36. The van der Waals surface area contributed by atoms with E-state index in [2.05, 4.69) is 15.4 Å². The predicted molar refractivity (Wildman–Crippen MR) is 90.0 cm³/mol. The number of hydrogen-bond acceptors (Lipinski definition) is 5. The smallest absolute Gasteiger partial charge is 0.330 e. The van der Waals surface area contributed by atoms with Gasteiger partial charge in [0.05, 0.1) is 6.61 Å². The van der Waals surface area contributed by atoms with E-state index in [0.29, 0.717) is 5.69 Å². The molecule has 134 valence electrons. The zero-order valence-corrected chi connectivity index (χ0v) is 13.9. The molecule has 0 spiro atoms. The summed E-state index contributed by atoms with van der Waals surface area (Å²) < 4.78 is 4.68. The monoisotopic (exact) mass is 348 g/mol. The second kappa shape index (κ2) is 9.86. The van der Waals surface area contributed by atoms with Gasteiger partial charge < -0.3 is 20.5 Å². The Morgan fingerprint density at radius 1 is 1.28 bits per heavy atom. The summed E-state index contributed by atoms with van der Waals surface area (Å²) in [6, 6.07) is 4.89. The van der Waals surface area contributed by atoms with E-state index in [1.54, 1.807) is 19.1 Å². The van der Waals surface area contributed by atoms with E-state index in [1.807, 2.05) is 0 Å². The molecule has 2 amide bonds. The average Bonchev–Trinajstić information content (AvgIpc) is 2.53. The highest BCUT2D eigenvalue weighted by atomic mass is 16.5. The molecule has 0 fully saturated rings. The Morgan fingerprint density at radius 3 is 2.60 bits per heavy atom. The first kappa shape index (κ1) is 19.9. The zero-order valence-electron chi connectivity index (χ0n) is 13.9. The summed E-state index contributed by atoms with van der Waals surface area (Å²) in [6.45, 7) is 3.21. The summed E-state index contributed by atoms with van der Waals surface area (Å²) >= 11 is 0. The largest absolute Gasteiger partial charge is 0.480 e. The molecule has 0 aliphatic carbocycles. The second-order valence-electron chi connectivity index (χ2n) is 5.02. The van der Waals surface area contributed by atoms with E-state index in [1.165, 1.54) is 25.1 Å². The Morgan fingerprint density at radius 2 is 2.00 bits per heavy atom. The van der Waals surface area contributed by atoms with Crippen LogP contribution in [0.4, 0.5) is 5.69 Å². The maximum Gasteiger partial charge on any atom is 0.330 e. The maximum absolute atomic E-state index is 12.2. The fourth-order valence-corrected chi connectivity index (χ4v) is 1.90. The fourth-order valence-electron chi connectivity index (χ4n) is 1.90. The van der Waals surface area contributed by atoms with E-state index in [4.69, 9.17) is 0 Å².